The molecule has 1 aromatic rings. The Hall–Kier alpha value is -2.54. The van der Waals surface area contributed by atoms with Crippen molar-refractivity contribution in [3.05, 3.63) is 35.4 Å². The molecule has 5 atom stereocenters. The molecule has 0 aromatic heterocycles. The number of hydrogen-bond donors (Lipinski definition) is 1. The highest BCUT2D eigenvalue weighted by atomic mass is 16.5. The number of ether oxygens (including phenoxy) is 3. The summed E-state index contributed by atoms with van der Waals surface area (Å²) < 4.78 is 16.8. The molecule has 0 radical (unpaired) electrons. The molecule has 4 heterocycles. The number of carbonyl (C=O) groups is 2. The second kappa shape index (κ2) is 6.49. The molecular weight excluding hydrogens is 372 g/mol. The normalized spacial score (nSPS) is 36.0. The Morgan fingerprint density at radius 1 is 1.38 bits per heavy atom. The van der Waals surface area contributed by atoms with Gasteiger partial charge in [-0.05, 0) is 37.3 Å². The van der Waals surface area contributed by atoms with Crippen molar-refractivity contribution in [2.75, 3.05) is 32.7 Å². The summed E-state index contributed by atoms with van der Waals surface area (Å²) in [6, 6.07) is 5.61. The van der Waals surface area contributed by atoms with Crippen molar-refractivity contribution in [1.82, 2.24) is 4.90 Å². The minimum Gasteiger partial charge on any atom is -0.497 e. The number of nitrogens with zero attached hydrogens (tertiary/aromatic N) is 1. The summed E-state index contributed by atoms with van der Waals surface area (Å²) in [6.45, 7) is 3.12. The third kappa shape index (κ3) is 2.40. The van der Waals surface area contributed by atoms with Crippen LogP contribution in [0.1, 0.15) is 25.3 Å². The van der Waals surface area contributed by atoms with E-state index in [1.807, 2.05) is 25.1 Å². The van der Waals surface area contributed by atoms with Crippen LogP contribution in [-0.2, 0) is 19.7 Å². The van der Waals surface area contributed by atoms with E-state index in [0.29, 0.717) is 31.2 Å². The molecule has 1 N–H and O–H groups in total. The fourth-order valence-corrected chi connectivity index (χ4v) is 5.99. The summed E-state index contributed by atoms with van der Waals surface area (Å²) in [6.07, 6.45) is 2.86. The number of rotatable bonds is 1. The lowest BCUT2D eigenvalue weighted by molar-refractivity contribution is -0.129. The lowest BCUT2D eigenvalue weighted by Gasteiger charge is -2.46. The highest BCUT2D eigenvalue weighted by molar-refractivity contribution is 6.07. The third-order valence-electron chi connectivity index (χ3n) is 7.42. The number of benzene rings is 1. The first kappa shape index (κ1) is 18.5. The fourth-order valence-electron chi connectivity index (χ4n) is 5.99. The summed E-state index contributed by atoms with van der Waals surface area (Å²) in [5.74, 6) is 1.13. The number of carbonyl (C=O) groups excluding carboxylic acids is 2. The zero-order valence-corrected chi connectivity index (χ0v) is 16.9. The maximum Gasteiger partial charge on any atom is 0.410 e. The topological polar surface area (TPSA) is 77.1 Å². The van der Waals surface area contributed by atoms with Gasteiger partial charge in [-0.15, -0.1) is 0 Å². The largest absolute Gasteiger partial charge is 0.497 e. The summed E-state index contributed by atoms with van der Waals surface area (Å²) >= 11 is 0. The Balaban J connectivity index is 1.66. The number of piperidine rings is 1. The van der Waals surface area contributed by atoms with E-state index < -0.39 is 5.41 Å². The molecule has 4 aliphatic heterocycles. The Bertz CT molecular complexity index is 912. The molecule has 6 rings (SSSR count). The smallest absolute Gasteiger partial charge is 0.410 e. The van der Waals surface area contributed by atoms with Gasteiger partial charge in [0.15, 0.2) is 0 Å². The molecule has 4 fully saturated rings. The monoisotopic (exact) mass is 398 g/mol. The van der Waals surface area contributed by atoms with Gasteiger partial charge in [0.2, 0.25) is 5.91 Å². The van der Waals surface area contributed by atoms with Crippen LogP contribution in [0.4, 0.5) is 10.5 Å². The van der Waals surface area contributed by atoms with E-state index in [-0.39, 0.29) is 30.1 Å². The molecule has 1 saturated carbocycles. The number of likely N-dealkylation sites (tertiary alicyclic amines) is 1. The summed E-state index contributed by atoms with van der Waals surface area (Å²) in [7, 11) is 3.02. The number of hydrogen-bond acceptors (Lipinski definition) is 5. The van der Waals surface area contributed by atoms with Crippen LogP contribution in [0.5, 0.6) is 5.75 Å². The van der Waals surface area contributed by atoms with Crippen LogP contribution in [0, 0.1) is 11.8 Å². The predicted molar refractivity (Wildman–Crippen MR) is 106 cm³/mol. The first-order chi connectivity index (χ1) is 14.0. The van der Waals surface area contributed by atoms with Crippen LogP contribution in [-0.4, -0.2) is 56.4 Å². The second-order valence-corrected chi connectivity index (χ2v) is 8.40. The number of anilines is 1. The van der Waals surface area contributed by atoms with Gasteiger partial charge in [0.25, 0.3) is 0 Å². The van der Waals surface area contributed by atoms with E-state index in [4.69, 9.17) is 14.2 Å². The fraction of sp³-hybridized carbons (Fsp3) is 0.545. The van der Waals surface area contributed by atoms with Crippen LogP contribution in [0.2, 0.25) is 0 Å². The van der Waals surface area contributed by atoms with E-state index in [1.54, 1.807) is 12.0 Å². The third-order valence-corrected chi connectivity index (χ3v) is 7.42. The van der Waals surface area contributed by atoms with E-state index in [1.165, 1.54) is 12.7 Å². The van der Waals surface area contributed by atoms with Crippen molar-refractivity contribution in [3.8, 4) is 5.75 Å². The van der Waals surface area contributed by atoms with E-state index in [2.05, 4.69) is 11.4 Å². The molecule has 0 unspecified atom stereocenters. The van der Waals surface area contributed by atoms with Gasteiger partial charge in [0.05, 0.1) is 26.9 Å². The number of allylic oxidation sites excluding steroid dienone is 1. The standard InChI is InChI=1S/C22H26N2O5/c1-4-12-10-24(21(26)28-3)18-9-22(19-8-14(12)15(18)11-29-19)16-6-5-13(27-2)7-17(16)23-20(22)25/h4-7,14-15,18-19H,8-11H2,1-3H3,(H,23,25)/b12-4-/t14-,15-,18-,19+,22-/m0/s1. The minimum absolute atomic E-state index is 0.0502. The van der Waals surface area contributed by atoms with Crippen molar-refractivity contribution in [2.45, 2.75) is 37.3 Å². The minimum atomic E-state index is -0.814. The zero-order chi connectivity index (χ0) is 20.3. The molecule has 3 saturated heterocycles. The summed E-state index contributed by atoms with van der Waals surface area (Å²) in [5, 5.41) is 3.06. The van der Waals surface area contributed by atoms with Crippen molar-refractivity contribution < 1.29 is 23.8 Å². The molecule has 1 aromatic carbocycles. The van der Waals surface area contributed by atoms with Gasteiger partial charge in [0.1, 0.15) is 11.2 Å². The molecule has 1 spiro atoms. The molecule has 5 aliphatic rings. The molecule has 1 aliphatic carbocycles. The molecule has 4 bridgehead atoms. The van der Waals surface area contributed by atoms with Gasteiger partial charge < -0.3 is 24.4 Å². The molecule has 29 heavy (non-hydrogen) atoms. The lowest BCUT2D eigenvalue weighted by atomic mass is 9.72. The van der Waals surface area contributed by atoms with Gasteiger partial charge in [0, 0.05) is 30.3 Å². The van der Waals surface area contributed by atoms with Crippen LogP contribution in [0.3, 0.4) is 0 Å². The van der Waals surface area contributed by atoms with Crippen LogP contribution < -0.4 is 10.1 Å². The number of amides is 2. The highest BCUT2D eigenvalue weighted by Gasteiger charge is 2.63. The quantitative estimate of drug-likeness (QED) is 0.736. The van der Waals surface area contributed by atoms with Crippen LogP contribution in [0.25, 0.3) is 0 Å². The van der Waals surface area contributed by atoms with Crippen molar-refractivity contribution in [3.63, 3.8) is 0 Å². The molecule has 7 nitrogen and oxygen atoms in total. The summed E-state index contributed by atoms with van der Waals surface area (Å²) in [4.78, 5) is 27.9. The maximum atomic E-state index is 13.5. The molecule has 154 valence electrons. The van der Waals surface area contributed by atoms with Crippen LogP contribution >= 0.6 is 0 Å². The highest BCUT2D eigenvalue weighted by Crippen LogP contribution is 2.56. The predicted octanol–water partition coefficient (Wildman–Crippen LogP) is 2.71. The van der Waals surface area contributed by atoms with Crippen LogP contribution in [0.15, 0.2) is 29.8 Å². The number of methoxy groups -OCH3 is 2. The van der Waals surface area contributed by atoms with E-state index >= 15 is 0 Å². The van der Waals surface area contributed by atoms with E-state index in [9.17, 15) is 9.59 Å². The molecular formula is C22H26N2O5. The van der Waals surface area contributed by atoms with Gasteiger partial charge in [-0.2, -0.15) is 0 Å². The molecule has 7 heteroatoms. The maximum absolute atomic E-state index is 13.5. The SMILES string of the molecule is C/C=C1/CN(C(=O)OC)[C@H]2C[C@@]3(C(=O)Nc4cc(OC)ccc43)[C@H]3C[C@@H]1[C@@H]2CO3. The van der Waals surface area contributed by atoms with Gasteiger partial charge >= 0.3 is 6.09 Å². The summed E-state index contributed by atoms with van der Waals surface area (Å²) in [5.41, 5.74) is 2.13. The molecule has 2 amide bonds. The Kier molecular flexibility index (Phi) is 4.13. The number of nitrogens with one attached hydrogen (secondary N) is 1. The van der Waals surface area contributed by atoms with Crippen molar-refractivity contribution in [1.29, 1.82) is 0 Å². The van der Waals surface area contributed by atoms with Crippen molar-refractivity contribution >= 4 is 17.7 Å². The second-order valence-electron chi connectivity index (χ2n) is 8.40. The number of fused-ring (bicyclic) bond motifs is 2. The van der Waals surface area contributed by atoms with Gasteiger partial charge in [-0.3, -0.25) is 4.79 Å². The Labute approximate surface area is 170 Å². The van der Waals surface area contributed by atoms with Gasteiger partial charge in [-0.25, -0.2) is 4.79 Å². The first-order valence-corrected chi connectivity index (χ1v) is 10.1. The lowest BCUT2D eigenvalue weighted by Crippen LogP contribution is -2.54. The zero-order valence-electron chi connectivity index (χ0n) is 16.9. The average Bonchev–Trinajstić information content (AvgIpc) is 2.86. The Morgan fingerprint density at radius 3 is 2.93 bits per heavy atom. The van der Waals surface area contributed by atoms with Crippen molar-refractivity contribution in [2.24, 2.45) is 11.8 Å². The van der Waals surface area contributed by atoms with Gasteiger partial charge in [-0.1, -0.05) is 17.7 Å². The average molecular weight is 398 g/mol. The first-order valence-electron chi connectivity index (χ1n) is 10.1. The Morgan fingerprint density at radius 2 is 2.21 bits per heavy atom. The van der Waals surface area contributed by atoms with E-state index in [0.717, 1.165) is 17.7 Å².